The van der Waals surface area contributed by atoms with E-state index in [0.29, 0.717) is 12.8 Å². The Kier molecular flexibility index (Phi) is 11.7. The predicted molar refractivity (Wildman–Crippen MR) is 66.8 cm³/mol. The first-order valence-corrected chi connectivity index (χ1v) is 5.78. The second-order valence-electron chi connectivity index (χ2n) is 3.63. The van der Waals surface area contributed by atoms with Gasteiger partial charge in [-0.3, -0.25) is 0 Å². The van der Waals surface area contributed by atoms with E-state index in [1.54, 1.807) is 0 Å². The van der Waals surface area contributed by atoms with Crippen LogP contribution in [0.4, 0.5) is 9.59 Å². The average Bonchev–Trinajstić information content (AvgIpc) is 2.26. The molecular formula is C12H20O7. The third-order valence-electron chi connectivity index (χ3n) is 1.90. The number of aliphatic hydroxyl groups excluding tert-OH is 1. The van der Waals surface area contributed by atoms with Gasteiger partial charge >= 0.3 is 12.3 Å². The van der Waals surface area contributed by atoms with E-state index in [-0.39, 0.29) is 6.61 Å². The number of ether oxygens (including phenoxy) is 1. The van der Waals surface area contributed by atoms with Gasteiger partial charge in [-0.2, -0.15) is 0 Å². The van der Waals surface area contributed by atoms with E-state index in [0.717, 1.165) is 12.8 Å². The van der Waals surface area contributed by atoms with Gasteiger partial charge in [0.1, 0.15) is 12.2 Å². The second-order valence-corrected chi connectivity index (χ2v) is 3.63. The molecule has 0 aromatic rings. The van der Waals surface area contributed by atoms with Gasteiger partial charge < -0.3 is 25.2 Å². The lowest BCUT2D eigenvalue weighted by atomic mass is 9.93. The first-order chi connectivity index (χ1) is 8.81. The zero-order chi connectivity index (χ0) is 15.3. The van der Waals surface area contributed by atoms with Gasteiger partial charge in [0, 0.05) is 0 Å². The normalized spacial score (nSPS) is 9.47. The summed E-state index contributed by atoms with van der Waals surface area (Å²) in [5, 5.41) is 33.3. The number of carbonyl (C=O) groups is 2. The lowest BCUT2D eigenvalue weighted by molar-refractivity contribution is 0.0792. The van der Waals surface area contributed by atoms with Crippen molar-refractivity contribution in [3.63, 3.8) is 0 Å². The molecule has 0 amide bonds. The molecule has 0 radical (unpaired) electrons. The molecule has 0 aromatic carbocycles. The summed E-state index contributed by atoms with van der Waals surface area (Å²) in [6, 6.07) is 0. The summed E-state index contributed by atoms with van der Waals surface area (Å²) >= 11 is 0. The number of rotatable bonds is 4. The molecule has 0 saturated heterocycles. The summed E-state index contributed by atoms with van der Waals surface area (Å²) in [7, 11) is 0. The number of hydrogen-bond acceptors (Lipinski definition) is 5. The zero-order valence-corrected chi connectivity index (χ0v) is 11.0. The Bertz CT molecular complexity index is 309. The molecule has 0 aliphatic heterocycles. The van der Waals surface area contributed by atoms with Crippen LogP contribution in [0.15, 0.2) is 0 Å². The van der Waals surface area contributed by atoms with Gasteiger partial charge in [0.25, 0.3) is 0 Å². The zero-order valence-electron chi connectivity index (χ0n) is 11.0. The summed E-state index contributed by atoms with van der Waals surface area (Å²) in [5.74, 6) is 5.22. The van der Waals surface area contributed by atoms with E-state index in [1.807, 2.05) is 13.8 Å². The molecule has 0 rings (SSSR count). The van der Waals surface area contributed by atoms with Gasteiger partial charge in [0.2, 0.25) is 0 Å². The highest BCUT2D eigenvalue weighted by atomic mass is 16.7. The molecule has 0 aromatic heterocycles. The predicted octanol–water partition coefficient (Wildman–Crippen LogP) is 1.67. The van der Waals surface area contributed by atoms with Gasteiger partial charge in [0.05, 0.1) is 0 Å². The van der Waals surface area contributed by atoms with Gasteiger partial charge in [0.15, 0.2) is 0 Å². The largest absolute Gasteiger partial charge is 0.516 e. The minimum Gasteiger partial charge on any atom is -0.449 e. The molecule has 4 N–H and O–H groups in total. The Morgan fingerprint density at radius 1 is 1.11 bits per heavy atom. The Balaban J connectivity index is 0. The first kappa shape index (κ1) is 19.6. The molecular weight excluding hydrogens is 256 g/mol. The summed E-state index contributed by atoms with van der Waals surface area (Å²) in [4.78, 5) is 18.4. The van der Waals surface area contributed by atoms with Crippen LogP contribution in [0.1, 0.15) is 39.5 Å². The molecule has 0 fully saturated rings. The van der Waals surface area contributed by atoms with Crippen molar-refractivity contribution in [2.45, 2.75) is 45.1 Å². The summed E-state index contributed by atoms with van der Waals surface area (Å²) in [5.41, 5.74) is -0.869. The number of hydrogen-bond donors (Lipinski definition) is 4. The number of carboxylic acid groups (broad SMARTS) is 2. The van der Waals surface area contributed by atoms with Gasteiger partial charge in [-0.05, 0) is 12.8 Å². The SMILES string of the molecule is CCCC(O)(C#CCO)CCC.O=C(O)OC(=O)O. The third kappa shape index (κ3) is 14.2. The van der Waals surface area contributed by atoms with E-state index in [9.17, 15) is 14.7 Å². The van der Waals surface area contributed by atoms with E-state index in [2.05, 4.69) is 16.6 Å². The fourth-order valence-corrected chi connectivity index (χ4v) is 1.36. The molecule has 0 spiro atoms. The van der Waals surface area contributed by atoms with Crippen LogP contribution in [0.5, 0.6) is 0 Å². The fraction of sp³-hybridized carbons (Fsp3) is 0.667. The average molecular weight is 276 g/mol. The molecule has 0 unspecified atom stereocenters. The topological polar surface area (TPSA) is 124 Å². The smallest absolute Gasteiger partial charge is 0.449 e. The molecule has 0 aliphatic rings. The quantitative estimate of drug-likeness (QED) is 0.349. The van der Waals surface area contributed by atoms with Crippen LogP contribution in [-0.4, -0.2) is 44.9 Å². The standard InChI is InChI=1S/C10H18O2.C2H2O5/c1-3-6-10(12,7-4-2)8-5-9-11;3-1(4)7-2(5)6/h11-12H,3-4,6-7,9H2,1-2H3;(H,3,4)(H,5,6). The van der Waals surface area contributed by atoms with Crippen LogP contribution in [0.2, 0.25) is 0 Å². The number of aliphatic hydroxyl groups is 2. The molecule has 0 saturated carbocycles. The van der Waals surface area contributed by atoms with Crippen molar-refractivity contribution in [3.05, 3.63) is 0 Å². The molecule has 0 heterocycles. The molecule has 7 nitrogen and oxygen atoms in total. The van der Waals surface area contributed by atoms with Crippen molar-refractivity contribution >= 4 is 12.3 Å². The van der Waals surface area contributed by atoms with Crippen LogP contribution < -0.4 is 0 Å². The molecule has 7 heteroatoms. The molecule has 0 aliphatic carbocycles. The highest BCUT2D eigenvalue weighted by Gasteiger charge is 2.21. The van der Waals surface area contributed by atoms with Crippen LogP contribution >= 0.6 is 0 Å². The maximum atomic E-state index is 9.86. The van der Waals surface area contributed by atoms with Crippen molar-refractivity contribution in [1.29, 1.82) is 0 Å². The van der Waals surface area contributed by atoms with Gasteiger partial charge in [-0.15, -0.1) is 0 Å². The van der Waals surface area contributed by atoms with Crippen molar-refractivity contribution in [2.75, 3.05) is 6.61 Å². The van der Waals surface area contributed by atoms with E-state index in [4.69, 9.17) is 15.3 Å². The van der Waals surface area contributed by atoms with Crippen LogP contribution in [0, 0.1) is 11.8 Å². The Hall–Kier alpha value is -1.78. The summed E-state index contributed by atoms with van der Waals surface area (Å²) < 4.78 is 3.08. The van der Waals surface area contributed by atoms with E-state index >= 15 is 0 Å². The van der Waals surface area contributed by atoms with E-state index < -0.39 is 17.9 Å². The molecule has 0 bridgehead atoms. The van der Waals surface area contributed by atoms with Gasteiger partial charge in [-0.1, -0.05) is 38.5 Å². The third-order valence-corrected chi connectivity index (χ3v) is 1.90. The highest BCUT2D eigenvalue weighted by Crippen LogP contribution is 2.17. The van der Waals surface area contributed by atoms with E-state index in [1.165, 1.54) is 0 Å². The van der Waals surface area contributed by atoms with Crippen LogP contribution in [0.25, 0.3) is 0 Å². The lowest BCUT2D eigenvalue weighted by Gasteiger charge is -2.20. The Labute approximate surface area is 111 Å². The minimum atomic E-state index is -1.81. The van der Waals surface area contributed by atoms with Crippen molar-refractivity contribution < 1.29 is 34.8 Å². The molecule has 110 valence electrons. The molecule has 0 atom stereocenters. The van der Waals surface area contributed by atoms with Crippen LogP contribution in [0.3, 0.4) is 0 Å². The monoisotopic (exact) mass is 276 g/mol. The molecule has 19 heavy (non-hydrogen) atoms. The fourth-order valence-electron chi connectivity index (χ4n) is 1.36. The Morgan fingerprint density at radius 3 is 1.74 bits per heavy atom. The van der Waals surface area contributed by atoms with Crippen molar-refractivity contribution in [2.24, 2.45) is 0 Å². The Morgan fingerprint density at radius 2 is 1.53 bits per heavy atom. The maximum absolute atomic E-state index is 9.86. The summed E-state index contributed by atoms with van der Waals surface area (Å²) in [6.07, 6.45) is -0.422. The first-order valence-electron chi connectivity index (χ1n) is 5.78. The summed E-state index contributed by atoms with van der Waals surface area (Å²) in [6.45, 7) is 3.86. The van der Waals surface area contributed by atoms with Crippen molar-refractivity contribution in [3.8, 4) is 11.8 Å². The maximum Gasteiger partial charge on any atom is 0.516 e. The van der Waals surface area contributed by atoms with Crippen LogP contribution in [-0.2, 0) is 4.74 Å². The second kappa shape index (κ2) is 11.3. The highest BCUT2D eigenvalue weighted by molar-refractivity contribution is 5.74. The lowest BCUT2D eigenvalue weighted by Crippen LogP contribution is -2.25. The van der Waals surface area contributed by atoms with Gasteiger partial charge in [-0.25, -0.2) is 9.59 Å². The minimum absolute atomic E-state index is 0.171. The van der Waals surface area contributed by atoms with Crippen molar-refractivity contribution in [1.82, 2.24) is 0 Å².